The average molecular weight is 487 g/mol. The number of hydrogen-bond acceptors (Lipinski definition) is 7. The van der Waals surface area contributed by atoms with Gasteiger partial charge in [0.1, 0.15) is 0 Å². The van der Waals surface area contributed by atoms with E-state index >= 15 is 0 Å². The smallest absolute Gasteiger partial charge is 0.271 e. The number of carbonyl (C=O) groups is 1. The van der Waals surface area contributed by atoms with E-state index < -0.39 is 16.1 Å². The lowest BCUT2D eigenvalue weighted by atomic mass is 10.2. The first kappa shape index (κ1) is 22.7. The van der Waals surface area contributed by atoms with Gasteiger partial charge in [-0.15, -0.1) is 10.2 Å². The van der Waals surface area contributed by atoms with E-state index in [1.807, 2.05) is 13.0 Å². The van der Waals surface area contributed by atoms with Crippen molar-refractivity contribution in [2.24, 2.45) is 0 Å². The number of benzene rings is 2. The van der Waals surface area contributed by atoms with Crippen molar-refractivity contribution < 1.29 is 9.72 Å². The molecule has 1 atom stereocenters. The van der Waals surface area contributed by atoms with Crippen molar-refractivity contribution in [2.45, 2.75) is 37.2 Å². The zero-order chi connectivity index (χ0) is 23.7. The Morgan fingerprint density at radius 1 is 1.27 bits per heavy atom. The maximum absolute atomic E-state index is 12.9. The third-order valence-electron chi connectivity index (χ3n) is 5.00. The maximum Gasteiger partial charge on any atom is 0.271 e. The molecular weight excluding hydrogens is 468 g/mol. The highest BCUT2D eigenvalue weighted by molar-refractivity contribution is 8.00. The standard InChI is InChI=1S/C21H19ClN6O4S/c1-3-10-26-19(30)14-6-4-5-7-17(14)27-20(26)24-25-21(27)33-12(2)18(29)23-16-11-13(28(31)32)8-9-15(16)22/h4-9,11-12H,3,10H2,1-2H3,(H,23,29). The van der Waals surface area contributed by atoms with Crippen LogP contribution in [0.25, 0.3) is 16.7 Å². The van der Waals surface area contributed by atoms with E-state index in [1.54, 1.807) is 34.1 Å². The van der Waals surface area contributed by atoms with Crippen LogP contribution in [0.2, 0.25) is 5.02 Å². The average Bonchev–Trinajstić information content (AvgIpc) is 3.21. The van der Waals surface area contributed by atoms with Crippen LogP contribution in [0.4, 0.5) is 11.4 Å². The third-order valence-corrected chi connectivity index (χ3v) is 6.37. The number of aromatic nitrogens is 4. The number of para-hydroxylation sites is 1. The predicted octanol–water partition coefficient (Wildman–Crippen LogP) is 4.14. The molecular formula is C21H19ClN6O4S. The van der Waals surface area contributed by atoms with Crippen molar-refractivity contribution in [3.05, 3.63) is 68.0 Å². The topological polar surface area (TPSA) is 124 Å². The molecule has 0 saturated carbocycles. The Hall–Kier alpha value is -3.44. The summed E-state index contributed by atoms with van der Waals surface area (Å²) in [4.78, 5) is 36.2. The van der Waals surface area contributed by atoms with Gasteiger partial charge in [0.2, 0.25) is 11.7 Å². The fourth-order valence-corrected chi connectivity index (χ4v) is 4.42. The summed E-state index contributed by atoms with van der Waals surface area (Å²) in [6.07, 6.45) is 0.742. The summed E-state index contributed by atoms with van der Waals surface area (Å²) in [6, 6.07) is 11.0. The number of nitro benzene ring substituents is 1. The van der Waals surface area contributed by atoms with Crippen molar-refractivity contribution in [3.8, 4) is 0 Å². The Labute approximate surface area is 196 Å². The largest absolute Gasteiger partial charge is 0.324 e. The lowest BCUT2D eigenvalue weighted by Crippen LogP contribution is -2.24. The van der Waals surface area contributed by atoms with Crippen molar-refractivity contribution in [1.82, 2.24) is 19.2 Å². The Morgan fingerprint density at radius 3 is 2.76 bits per heavy atom. The molecule has 0 aliphatic heterocycles. The summed E-state index contributed by atoms with van der Waals surface area (Å²) in [5, 5.41) is 22.6. The van der Waals surface area contributed by atoms with E-state index in [9.17, 15) is 19.7 Å². The van der Waals surface area contributed by atoms with Crippen molar-refractivity contribution in [3.63, 3.8) is 0 Å². The maximum atomic E-state index is 12.9. The van der Waals surface area contributed by atoms with Crippen LogP contribution in [0.5, 0.6) is 0 Å². The number of halogens is 1. The van der Waals surface area contributed by atoms with E-state index in [0.717, 1.165) is 18.2 Å². The zero-order valence-electron chi connectivity index (χ0n) is 17.7. The summed E-state index contributed by atoms with van der Waals surface area (Å²) < 4.78 is 3.34. The SMILES string of the molecule is CCCn1c(=O)c2ccccc2n2c(SC(C)C(=O)Nc3cc([N+](=O)[O-])ccc3Cl)nnc12. The molecule has 10 nitrogen and oxygen atoms in total. The Bertz CT molecular complexity index is 1450. The summed E-state index contributed by atoms with van der Waals surface area (Å²) in [5.74, 6) is -0.0114. The summed E-state index contributed by atoms with van der Waals surface area (Å²) in [7, 11) is 0. The Morgan fingerprint density at radius 2 is 2.03 bits per heavy atom. The highest BCUT2D eigenvalue weighted by Crippen LogP contribution is 2.29. The molecule has 2 heterocycles. The minimum absolute atomic E-state index is 0.144. The van der Waals surface area contributed by atoms with Crippen molar-refractivity contribution >= 4 is 57.3 Å². The van der Waals surface area contributed by atoms with E-state index in [4.69, 9.17) is 11.6 Å². The second-order valence-corrected chi connectivity index (χ2v) is 8.98. The molecule has 1 amide bonds. The molecule has 0 aliphatic carbocycles. The van der Waals surface area contributed by atoms with Crippen LogP contribution < -0.4 is 10.9 Å². The molecule has 0 spiro atoms. The van der Waals surface area contributed by atoms with Crippen molar-refractivity contribution in [1.29, 1.82) is 0 Å². The van der Waals surface area contributed by atoms with Crippen LogP contribution in [0.3, 0.4) is 0 Å². The van der Waals surface area contributed by atoms with Gasteiger partial charge in [0.05, 0.1) is 31.8 Å². The number of rotatable bonds is 7. The highest BCUT2D eigenvalue weighted by Gasteiger charge is 2.22. The van der Waals surface area contributed by atoms with Crippen LogP contribution in [0, 0.1) is 10.1 Å². The number of thioether (sulfide) groups is 1. The van der Waals surface area contributed by atoms with Gasteiger partial charge < -0.3 is 5.32 Å². The van der Waals surface area contributed by atoms with Gasteiger partial charge in [-0.05, 0) is 31.5 Å². The molecule has 0 saturated heterocycles. The molecule has 2 aromatic heterocycles. The summed E-state index contributed by atoms with van der Waals surface area (Å²) in [5.41, 5.74) is 0.470. The number of fused-ring (bicyclic) bond motifs is 3. The number of nitro groups is 1. The lowest BCUT2D eigenvalue weighted by Gasteiger charge is -2.13. The molecule has 0 radical (unpaired) electrons. The molecule has 2 aromatic carbocycles. The number of nitrogens with zero attached hydrogens (tertiary/aromatic N) is 5. The number of carbonyl (C=O) groups excluding carboxylic acids is 1. The zero-order valence-corrected chi connectivity index (χ0v) is 19.3. The van der Waals surface area contributed by atoms with Gasteiger partial charge in [0, 0.05) is 18.7 Å². The molecule has 4 rings (SSSR count). The number of non-ortho nitro benzene ring substituents is 1. The summed E-state index contributed by atoms with van der Waals surface area (Å²) in [6.45, 7) is 4.13. The molecule has 0 aliphatic rings. The second-order valence-electron chi connectivity index (χ2n) is 7.26. The minimum atomic E-state index is -0.641. The fraction of sp³-hybridized carbons (Fsp3) is 0.238. The Balaban J connectivity index is 1.68. The minimum Gasteiger partial charge on any atom is -0.324 e. The van der Waals surface area contributed by atoms with E-state index in [1.165, 1.54) is 18.2 Å². The van der Waals surface area contributed by atoms with Gasteiger partial charge in [-0.3, -0.25) is 28.7 Å². The van der Waals surface area contributed by atoms with Gasteiger partial charge in [0.25, 0.3) is 11.2 Å². The highest BCUT2D eigenvalue weighted by atomic mass is 35.5. The van der Waals surface area contributed by atoms with Gasteiger partial charge in [-0.25, -0.2) is 0 Å². The summed E-state index contributed by atoms with van der Waals surface area (Å²) >= 11 is 7.25. The molecule has 12 heteroatoms. The quantitative estimate of drug-likeness (QED) is 0.236. The van der Waals surface area contributed by atoms with Gasteiger partial charge >= 0.3 is 0 Å². The van der Waals surface area contributed by atoms with E-state index in [-0.39, 0.29) is 22.0 Å². The third kappa shape index (κ3) is 4.29. The van der Waals surface area contributed by atoms with E-state index in [2.05, 4.69) is 15.5 Å². The van der Waals surface area contributed by atoms with Crippen LogP contribution in [-0.2, 0) is 11.3 Å². The first-order valence-corrected chi connectivity index (χ1v) is 11.4. The first-order valence-electron chi connectivity index (χ1n) is 10.1. The fourth-order valence-electron chi connectivity index (χ4n) is 3.40. The number of aryl methyl sites for hydroxylation is 1. The van der Waals surface area contributed by atoms with E-state index in [0.29, 0.717) is 28.4 Å². The van der Waals surface area contributed by atoms with Crippen LogP contribution >= 0.6 is 23.4 Å². The molecule has 170 valence electrons. The molecule has 1 N–H and O–H groups in total. The van der Waals surface area contributed by atoms with Gasteiger partial charge in [-0.2, -0.15) is 0 Å². The molecule has 4 aromatic rings. The molecule has 33 heavy (non-hydrogen) atoms. The lowest BCUT2D eigenvalue weighted by molar-refractivity contribution is -0.384. The second kappa shape index (κ2) is 9.20. The van der Waals surface area contributed by atoms with Gasteiger partial charge in [0.15, 0.2) is 5.16 Å². The molecule has 0 fully saturated rings. The number of amides is 1. The van der Waals surface area contributed by atoms with Crippen molar-refractivity contribution in [2.75, 3.05) is 5.32 Å². The van der Waals surface area contributed by atoms with Crippen LogP contribution in [0.1, 0.15) is 20.3 Å². The van der Waals surface area contributed by atoms with Gasteiger partial charge in [-0.1, -0.05) is 42.4 Å². The number of hydrogen-bond donors (Lipinski definition) is 1. The number of nitrogens with one attached hydrogen (secondary N) is 1. The Kier molecular flexibility index (Phi) is 6.34. The number of anilines is 1. The predicted molar refractivity (Wildman–Crippen MR) is 127 cm³/mol. The molecule has 1 unspecified atom stereocenters. The molecule has 0 bridgehead atoms. The normalized spacial score (nSPS) is 12.2. The van der Waals surface area contributed by atoms with Crippen LogP contribution in [0.15, 0.2) is 52.4 Å². The van der Waals surface area contributed by atoms with Crippen LogP contribution in [-0.4, -0.2) is 35.2 Å². The first-order chi connectivity index (χ1) is 15.8. The monoisotopic (exact) mass is 486 g/mol.